The van der Waals surface area contributed by atoms with Crippen LogP contribution in [0.2, 0.25) is 0 Å². The fraction of sp³-hybridized carbons (Fsp3) is 0.292. The highest BCUT2D eigenvalue weighted by molar-refractivity contribution is 5.79. The van der Waals surface area contributed by atoms with E-state index >= 15 is 0 Å². The zero-order valence-corrected chi connectivity index (χ0v) is 17.8. The van der Waals surface area contributed by atoms with E-state index in [2.05, 4.69) is 10.4 Å². The van der Waals surface area contributed by atoms with Gasteiger partial charge in [-0.15, -0.1) is 5.10 Å². The third-order valence-electron chi connectivity index (χ3n) is 5.60. The molecule has 32 heavy (non-hydrogen) atoms. The van der Waals surface area contributed by atoms with Crippen molar-refractivity contribution in [3.63, 3.8) is 0 Å². The standard InChI is InChI=1S/C24H25FN4O3/c1-32-21-10-8-20(9-11-21)29-23(30)13-12-22(27-29)28-14-2-3-18(16-28)24(31)26-15-17-4-6-19(25)7-5-17/h4-13,18H,2-3,14-16H2,1H3,(H,26,31)/t18-/m0/s1. The minimum absolute atomic E-state index is 0.0394. The van der Waals surface area contributed by atoms with Gasteiger partial charge < -0.3 is 15.0 Å². The van der Waals surface area contributed by atoms with E-state index in [9.17, 15) is 14.0 Å². The van der Waals surface area contributed by atoms with Crippen LogP contribution >= 0.6 is 0 Å². The number of piperidine rings is 1. The van der Waals surface area contributed by atoms with E-state index in [1.54, 1.807) is 49.6 Å². The first-order valence-corrected chi connectivity index (χ1v) is 10.6. The van der Waals surface area contributed by atoms with E-state index in [0.717, 1.165) is 24.9 Å². The molecular weight excluding hydrogens is 411 g/mol. The molecule has 1 atom stereocenters. The third-order valence-corrected chi connectivity index (χ3v) is 5.60. The second kappa shape index (κ2) is 9.64. The number of nitrogens with zero attached hydrogens (tertiary/aromatic N) is 3. The van der Waals surface area contributed by atoms with Gasteiger partial charge in [0, 0.05) is 25.7 Å². The molecule has 1 saturated heterocycles. The van der Waals surface area contributed by atoms with Crippen molar-refractivity contribution in [2.75, 3.05) is 25.1 Å². The Balaban J connectivity index is 1.45. The van der Waals surface area contributed by atoms with E-state index in [1.165, 1.54) is 22.9 Å². The molecule has 1 amide bonds. The molecule has 1 N–H and O–H groups in total. The summed E-state index contributed by atoms with van der Waals surface area (Å²) >= 11 is 0. The Kier molecular flexibility index (Phi) is 6.49. The number of aromatic nitrogens is 2. The number of methoxy groups -OCH3 is 1. The van der Waals surface area contributed by atoms with E-state index in [0.29, 0.717) is 30.3 Å². The number of hydrogen-bond donors (Lipinski definition) is 1. The Morgan fingerprint density at radius 3 is 2.59 bits per heavy atom. The van der Waals surface area contributed by atoms with Crippen LogP contribution in [0, 0.1) is 11.7 Å². The number of nitrogens with one attached hydrogen (secondary N) is 1. The predicted molar refractivity (Wildman–Crippen MR) is 120 cm³/mol. The maximum absolute atomic E-state index is 13.1. The average Bonchev–Trinajstić information content (AvgIpc) is 2.84. The molecule has 166 valence electrons. The molecule has 0 aliphatic carbocycles. The minimum Gasteiger partial charge on any atom is -0.497 e. The number of hydrogen-bond acceptors (Lipinski definition) is 5. The van der Waals surface area contributed by atoms with Crippen LogP contribution < -0.4 is 20.5 Å². The Morgan fingerprint density at radius 2 is 1.88 bits per heavy atom. The maximum atomic E-state index is 13.1. The molecule has 1 fully saturated rings. The van der Waals surface area contributed by atoms with Gasteiger partial charge in [0.2, 0.25) is 5.91 Å². The van der Waals surface area contributed by atoms with Gasteiger partial charge in [-0.1, -0.05) is 12.1 Å². The van der Waals surface area contributed by atoms with Gasteiger partial charge in [0.15, 0.2) is 0 Å². The third kappa shape index (κ3) is 4.96. The van der Waals surface area contributed by atoms with Crippen LogP contribution in [0.15, 0.2) is 65.5 Å². The molecule has 1 aliphatic rings. The van der Waals surface area contributed by atoms with Gasteiger partial charge in [-0.3, -0.25) is 9.59 Å². The molecule has 0 radical (unpaired) electrons. The fourth-order valence-electron chi connectivity index (χ4n) is 3.81. The molecule has 2 aromatic carbocycles. The highest BCUT2D eigenvalue weighted by atomic mass is 19.1. The summed E-state index contributed by atoms with van der Waals surface area (Å²) in [4.78, 5) is 27.1. The first-order chi connectivity index (χ1) is 15.5. The van der Waals surface area contributed by atoms with Crippen molar-refractivity contribution in [2.24, 2.45) is 5.92 Å². The lowest BCUT2D eigenvalue weighted by Crippen LogP contribution is -2.43. The van der Waals surface area contributed by atoms with Crippen molar-refractivity contribution < 1.29 is 13.9 Å². The van der Waals surface area contributed by atoms with Crippen LogP contribution in [0.3, 0.4) is 0 Å². The lowest BCUT2D eigenvalue weighted by Gasteiger charge is -2.33. The SMILES string of the molecule is COc1ccc(-n2nc(N3CCC[C@H](C(=O)NCc4ccc(F)cc4)C3)ccc2=O)cc1. The van der Waals surface area contributed by atoms with Crippen LogP contribution in [0.1, 0.15) is 18.4 Å². The largest absolute Gasteiger partial charge is 0.497 e. The number of rotatable bonds is 6. The monoisotopic (exact) mass is 436 g/mol. The summed E-state index contributed by atoms with van der Waals surface area (Å²) in [6, 6.07) is 16.4. The van der Waals surface area contributed by atoms with Crippen LogP contribution in [-0.4, -0.2) is 35.9 Å². The zero-order chi connectivity index (χ0) is 22.5. The number of anilines is 1. The summed E-state index contributed by atoms with van der Waals surface area (Å²) in [5.74, 6) is 0.821. The lowest BCUT2D eigenvalue weighted by molar-refractivity contribution is -0.125. The van der Waals surface area contributed by atoms with Gasteiger partial charge in [0.25, 0.3) is 5.56 Å². The van der Waals surface area contributed by atoms with Gasteiger partial charge in [-0.05, 0) is 60.9 Å². The van der Waals surface area contributed by atoms with Crippen LogP contribution in [-0.2, 0) is 11.3 Å². The molecule has 0 bridgehead atoms. The molecule has 2 heterocycles. The summed E-state index contributed by atoms with van der Waals surface area (Å²) in [6.45, 7) is 1.63. The molecule has 3 aromatic rings. The molecule has 7 nitrogen and oxygen atoms in total. The van der Waals surface area contributed by atoms with E-state index in [4.69, 9.17) is 4.74 Å². The van der Waals surface area contributed by atoms with Crippen LogP contribution in [0.5, 0.6) is 5.75 Å². The predicted octanol–water partition coefficient (Wildman–Crippen LogP) is 2.91. The number of carbonyl (C=O) groups excluding carboxylic acids is 1. The van der Waals surface area contributed by atoms with Crippen molar-refractivity contribution in [3.05, 3.63) is 82.4 Å². The van der Waals surface area contributed by atoms with Gasteiger partial charge in [0.1, 0.15) is 17.4 Å². The summed E-state index contributed by atoms with van der Waals surface area (Å²) in [6.07, 6.45) is 1.63. The van der Waals surface area contributed by atoms with Gasteiger partial charge >= 0.3 is 0 Å². The normalized spacial score (nSPS) is 15.9. The topological polar surface area (TPSA) is 76.5 Å². The summed E-state index contributed by atoms with van der Waals surface area (Å²) in [5.41, 5.74) is 1.26. The number of halogens is 1. The lowest BCUT2D eigenvalue weighted by atomic mass is 9.97. The van der Waals surface area contributed by atoms with E-state index in [1.807, 2.05) is 4.90 Å². The molecule has 4 rings (SSSR count). The number of carbonyl (C=O) groups is 1. The molecule has 8 heteroatoms. The van der Waals surface area contributed by atoms with Crippen molar-refractivity contribution >= 4 is 11.7 Å². The van der Waals surface area contributed by atoms with E-state index in [-0.39, 0.29) is 23.2 Å². The molecule has 0 spiro atoms. The average molecular weight is 436 g/mol. The molecule has 1 aliphatic heterocycles. The summed E-state index contributed by atoms with van der Waals surface area (Å²) in [5, 5.41) is 7.48. The van der Waals surface area contributed by atoms with Crippen molar-refractivity contribution in [1.29, 1.82) is 0 Å². The highest BCUT2D eigenvalue weighted by Gasteiger charge is 2.26. The quantitative estimate of drug-likeness (QED) is 0.643. The second-order valence-corrected chi connectivity index (χ2v) is 7.77. The second-order valence-electron chi connectivity index (χ2n) is 7.77. The Morgan fingerprint density at radius 1 is 1.12 bits per heavy atom. The minimum atomic E-state index is -0.300. The highest BCUT2D eigenvalue weighted by Crippen LogP contribution is 2.22. The van der Waals surface area contributed by atoms with E-state index < -0.39 is 0 Å². The zero-order valence-electron chi connectivity index (χ0n) is 17.8. The fourth-order valence-corrected chi connectivity index (χ4v) is 3.81. The van der Waals surface area contributed by atoms with Crippen molar-refractivity contribution in [2.45, 2.75) is 19.4 Å². The summed E-state index contributed by atoms with van der Waals surface area (Å²) in [7, 11) is 1.59. The summed E-state index contributed by atoms with van der Waals surface area (Å²) < 4.78 is 19.6. The molecule has 0 unspecified atom stereocenters. The Bertz CT molecular complexity index is 1130. The molecule has 1 aromatic heterocycles. The Hall–Kier alpha value is -3.68. The number of benzene rings is 2. The van der Waals surface area contributed by atoms with Crippen molar-refractivity contribution in [3.8, 4) is 11.4 Å². The molecule has 0 saturated carbocycles. The van der Waals surface area contributed by atoms with Gasteiger partial charge in [-0.25, -0.2) is 4.39 Å². The smallest absolute Gasteiger partial charge is 0.271 e. The van der Waals surface area contributed by atoms with Crippen LogP contribution in [0.25, 0.3) is 5.69 Å². The number of ether oxygens (including phenoxy) is 1. The maximum Gasteiger partial charge on any atom is 0.271 e. The van der Waals surface area contributed by atoms with Gasteiger partial charge in [0.05, 0.1) is 18.7 Å². The van der Waals surface area contributed by atoms with Crippen molar-refractivity contribution in [1.82, 2.24) is 15.1 Å². The van der Waals surface area contributed by atoms with Gasteiger partial charge in [-0.2, -0.15) is 4.68 Å². The number of amides is 1. The Labute approximate surface area is 185 Å². The molecular formula is C24H25FN4O3. The first-order valence-electron chi connectivity index (χ1n) is 10.6. The van der Waals surface area contributed by atoms with Crippen LogP contribution in [0.4, 0.5) is 10.2 Å². The first kappa shape index (κ1) is 21.5.